The topological polar surface area (TPSA) is 166 Å². The number of nitrogens with two attached hydrogens (primary N) is 1. The predicted octanol–water partition coefficient (Wildman–Crippen LogP) is 5.11. The second kappa shape index (κ2) is 13.8. The summed E-state index contributed by atoms with van der Waals surface area (Å²) in [7, 11) is 1.44. The van der Waals surface area contributed by atoms with Crippen molar-refractivity contribution in [2.45, 2.75) is 33.4 Å². The number of methoxy groups -OCH3 is 1. The molecule has 1 aliphatic heterocycles. The number of aromatic nitrogens is 1. The van der Waals surface area contributed by atoms with E-state index in [2.05, 4.69) is 15.6 Å². The lowest BCUT2D eigenvalue weighted by atomic mass is 9.87. The van der Waals surface area contributed by atoms with Crippen LogP contribution in [0.25, 0.3) is 11.1 Å². The van der Waals surface area contributed by atoms with Crippen molar-refractivity contribution in [2.24, 2.45) is 11.1 Å². The van der Waals surface area contributed by atoms with E-state index in [0.717, 1.165) is 5.56 Å². The van der Waals surface area contributed by atoms with Crippen LogP contribution in [0.3, 0.4) is 0 Å². The molecule has 1 aliphatic rings. The molecule has 3 aromatic carbocycles. The van der Waals surface area contributed by atoms with Gasteiger partial charge in [-0.25, -0.2) is 9.78 Å². The molecule has 5 rings (SSSR count). The van der Waals surface area contributed by atoms with Crippen LogP contribution >= 0.6 is 0 Å². The number of esters is 1. The Morgan fingerprint density at radius 3 is 2.34 bits per heavy atom. The molecule has 1 fully saturated rings. The van der Waals surface area contributed by atoms with Crippen molar-refractivity contribution >= 4 is 29.3 Å². The summed E-state index contributed by atoms with van der Waals surface area (Å²) >= 11 is 0. The molecule has 1 saturated heterocycles. The van der Waals surface area contributed by atoms with Gasteiger partial charge in [0, 0.05) is 33.9 Å². The molecule has 0 radical (unpaired) electrons. The second-order valence-corrected chi connectivity index (χ2v) is 12.0. The first-order valence-electron chi connectivity index (χ1n) is 15.0. The van der Waals surface area contributed by atoms with Gasteiger partial charge in [0.1, 0.15) is 18.1 Å². The fourth-order valence-corrected chi connectivity index (χ4v) is 5.25. The fraction of sp³-hybridized carbons (Fsp3) is 0.250. The molecule has 0 bridgehead atoms. The molecular formula is C36H37N5O6. The quantitative estimate of drug-likeness (QED) is 0.106. The number of ether oxygens (including phenoxy) is 3. The number of pyridine rings is 1. The van der Waals surface area contributed by atoms with Crippen molar-refractivity contribution in [1.29, 1.82) is 5.41 Å². The highest BCUT2D eigenvalue weighted by Crippen LogP contribution is 2.33. The number of carbonyl (C=O) groups is 3. The minimum atomic E-state index is -0.676. The molecule has 0 unspecified atom stereocenters. The van der Waals surface area contributed by atoms with Gasteiger partial charge in [-0.3, -0.25) is 15.0 Å². The summed E-state index contributed by atoms with van der Waals surface area (Å²) < 4.78 is 16.7. The Bertz CT molecular complexity index is 1820. The monoisotopic (exact) mass is 635 g/mol. The Labute approximate surface area is 273 Å². The first-order chi connectivity index (χ1) is 22.5. The van der Waals surface area contributed by atoms with Crippen LogP contribution in [0.1, 0.15) is 61.7 Å². The lowest BCUT2D eigenvalue weighted by Gasteiger charge is -2.26. The largest absolute Gasteiger partial charge is 0.481 e. The summed E-state index contributed by atoms with van der Waals surface area (Å²) in [5.41, 5.74) is 8.67. The number of amidine groups is 1. The van der Waals surface area contributed by atoms with Crippen molar-refractivity contribution < 1.29 is 28.6 Å². The Morgan fingerprint density at radius 2 is 1.70 bits per heavy atom. The first-order valence-corrected chi connectivity index (χ1v) is 15.0. The molecule has 47 heavy (non-hydrogen) atoms. The predicted molar refractivity (Wildman–Crippen MR) is 178 cm³/mol. The van der Waals surface area contributed by atoms with E-state index >= 15 is 0 Å². The van der Waals surface area contributed by atoms with Crippen LogP contribution in [0.15, 0.2) is 78.9 Å². The molecule has 0 spiro atoms. The van der Waals surface area contributed by atoms with Gasteiger partial charge in [0.2, 0.25) is 5.88 Å². The highest BCUT2D eigenvalue weighted by atomic mass is 16.5. The first kappa shape index (κ1) is 32.8. The van der Waals surface area contributed by atoms with Crippen LogP contribution in [0.2, 0.25) is 0 Å². The third-order valence-corrected chi connectivity index (χ3v) is 8.09. The summed E-state index contributed by atoms with van der Waals surface area (Å²) in [6.07, 6.45) is 0. The Kier molecular flexibility index (Phi) is 9.67. The molecule has 2 amide bonds. The number of amides is 2. The molecule has 0 aliphatic carbocycles. The van der Waals surface area contributed by atoms with Crippen LogP contribution < -0.4 is 21.1 Å². The van der Waals surface area contributed by atoms with Crippen LogP contribution in [-0.4, -0.2) is 55.0 Å². The van der Waals surface area contributed by atoms with E-state index in [1.807, 2.05) is 44.2 Å². The van der Waals surface area contributed by atoms with Gasteiger partial charge in [-0.1, -0.05) is 44.2 Å². The van der Waals surface area contributed by atoms with Gasteiger partial charge in [-0.05, 0) is 66.1 Å². The van der Waals surface area contributed by atoms with E-state index in [-0.39, 0.29) is 46.9 Å². The number of nitrogens with zero attached hydrogens (tertiary/aromatic N) is 1. The molecule has 11 nitrogen and oxygen atoms in total. The molecule has 4 aromatic rings. The standard InChI is InChI=1S/C36H37N5O6/c1-21-16-27(25-14-15-30(45-4)41-31(25)34(43)39-24-12-10-23(11-13-24)32(37)38)28(35(44)47-18-22-8-6-5-7-9-22)17-26(21)33(42)40-29-19-46-20-36(29,2)3/h5-17,29H,18-20H2,1-4H3,(H3,37,38)(H,39,43)(H,40,42)/t29-/m1/s1. The summed E-state index contributed by atoms with van der Waals surface area (Å²) in [5, 5.41) is 13.5. The lowest BCUT2D eigenvalue weighted by Crippen LogP contribution is -2.44. The van der Waals surface area contributed by atoms with Crippen molar-refractivity contribution in [2.75, 3.05) is 25.6 Å². The Balaban J connectivity index is 1.56. The average molecular weight is 636 g/mol. The van der Waals surface area contributed by atoms with E-state index in [1.54, 1.807) is 49.4 Å². The van der Waals surface area contributed by atoms with E-state index in [1.165, 1.54) is 13.2 Å². The van der Waals surface area contributed by atoms with Crippen LogP contribution in [0, 0.1) is 17.7 Å². The smallest absolute Gasteiger partial charge is 0.339 e. The Hall–Kier alpha value is -5.55. The minimum absolute atomic E-state index is 0.00653. The van der Waals surface area contributed by atoms with Gasteiger partial charge in [0.15, 0.2) is 0 Å². The summed E-state index contributed by atoms with van der Waals surface area (Å²) in [4.78, 5) is 45.5. The number of anilines is 1. The van der Waals surface area contributed by atoms with Gasteiger partial charge in [0.05, 0.1) is 31.9 Å². The zero-order valence-electron chi connectivity index (χ0n) is 26.7. The van der Waals surface area contributed by atoms with Crippen LogP contribution in [0.4, 0.5) is 5.69 Å². The van der Waals surface area contributed by atoms with Gasteiger partial charge in [-0.2, -0.15) is 0 Å². The van der Waals surface area contributed by atoms with E-state index in [4.69, 9.17) is 25.4 Å². The highest BCUT2D eigenvalue weighted by Gasteiger charge is 2.37. The van der Waals surface area contributed by atoms with E-state index < -0.39 is 11.9 Å². The zero-order valence-corrected chi connectivity index (χ0v) is 26.7. The number of nitrogen functional groups attached to an aromatic ring is 1. The van der Waals surface area contributed by atoms with Crippen molar-refractivity contribution in [1.82, 2.24) is 10.3 Å². The highest BCUT2D eigenvalue weighted by molar-refractivity contribution is 6.10. The van der Waals surface area contributed by atoms with Gasteiger partial charge < -0.3 is 30.6 Å². The minimum Gasteiger partial charge on any atom is -0.481 e. The SMILES string of the molecule is COc1ccc(-c2cc(C)c(C(=O)N[C@@H]3COCC3(C)C)cc2C(=O)OCc2ccccc2)c(C(=O)Nc2ccc(C(=N)N)cc2)n1. The molecule has 2 heterocycles. The van der Waals surface area contributed by atoms with Crippen LogP contribution in [-0.2, 0) is 16.1 Å². The van der Waals surface area contributed by atoms with Crippen LogP contribution in [0.5, 0.6) is 5.88 Å². The van der Waals surface area contributed by atoms with Gasteiger partial charge in [0.25, 0.3) is 11.8 Å². The molecule has 1 atom stereocenters. The third kappa shape index (κ3) is 7.47. The maximum absolute atomic E-state index is 13.8. The van der Waals surface area contributed by atoms with E-state index in [9.17, 15) is 14.4 Å². The lowest BCUT2D eigenvalue weighted by molar-refractivity contribution is 0.0473. The molecule has 11 heteroatoms. The summed E-state index contributed by atoms with van der Waals surface area (Å²) in [6.45, 7) is 6.72. The number of aryl methyl sites for hydroxylation is 1. The van der Waals surface area contributed by atoms with Crippen molar-refractivity contribution in [3.05, 3.63) is 112 Å². The second-order valence-electron chi connectivity index (χ2n) is 12.0. The van der Waals surface area contributed by atoms with Crippen molar-refractivity contribution in [3.8, 4) is 17.0 Å². The molecule has 5 N–H and O–H groups in total. The number of hydrogen-bond donors (Lipinski definition) is 4. The zero-order chi connectivity index (χ0) is 33.7. The maximum Gasteiger partial charge on any atom is 0.339 e. The molecule has 0 saturated carbocycles. The summed E-state index contributed by atoms with van der Waals surface area (Å²) in [6, 6.07) is 21.9. The molecule has 242 valence electrons. The normalized spacial score (nSPS) is 15.0. The fourth-order valence-electron chi connectivity index (χ4n) is 5.25. The van der Waals surface area contributed by atoms with E-state index in [0.29, 0.717) is 46.7 Å². The number of carbonyl (C=O) groups excluding carboxylic acids is 3. The number of rotatable bonds is 10. The number of benzene rings is 3. The number of nitrogens with one attached hydrogen (secondary N) is 3. The van der Waals surface area contributed by atoms with Gasteiger partial charge >= 0.3 is 5.97 Å². The summed E-state index contributed by atoms with van der Waals surface area (Å²) in [5.74, 6) is -1.51. The maximum atomic E-state index is 13.8. The van der Waals surface area contributed by atoms with Gasteiger partial charge in [-0.15, -0.1) is 0 Å². The Morgan fingerprint density at radius 1 is 0.979 bits per heavy atom. The average Bonchev–Trinajstić information content (AvgIpc) is 3.40. The molecule has 1 aromatic heterocycles. The molecular weight excluding hydrogens is 598 g/mol. The third-order valence-electron chi connectivity index (χ3n) is 8.09. The van der Waals surface area contributed by atoms with Crippen molar-refractivity contribution in [3.63, 3.8) is 0 Å². The number of hydrogen-bond acceptors (Lipinski definition) is 8.